The van der Waals surface area contributed by atoms with E-state index < -0.39 is 0 Å². The Labute approximate surface area is 123 Å². The summed E-state index contributed by atoms with van der Waals surface area (Å²) < 4.78 is 12.9. The standard InChI is InChI=1S/C15H20FN3O2/c1-17(2)15(21)13-10-19(9-8-18(13)3)14(20)11-4-6-12(16)7-5-11/h4-7,13H,8-10H2,1-3H3/t13-/m1/s1. The number of benzene rings is 1. The number of amides is 2. The van der Waals surface area contributed by atoms with Crippen LogP contribution in [0.5, 0.6) is 0 Å². The predicted octanol–water partition coefficient (Wildman–Crippen LogP) is 0.670. The second kappa shape index (κ2) is 6.22. The van der Waals surface area contributed by atoms with E-state index in [-0.39, 0.29) is 23.7 Å². The molecule has 0 radical (unpaired) electrons. The van der Waals surface area contributed by atoms with Gasteiger partial charge in [-0.1, -0.05) is 0 Å². The minimum Gasteiger partial charge on any atom is -0.347 e. The van der Waals surface area contributed by atoms with Gasteiger partial charge in [-0.15, -0.1) is 0 Å². The minimum atomic E-state index is -0.370. The first kappa shape index (κ1) is 15.4. The first-order chi connectivity index (χ1) is 9.90. The van der Waals surface area contributed by atoms with Crippen molar-refractivity contribution in [3.05, 3.63) is 35.6 Å². The SMILES string of the molecule is CN(C)C(=O)[C@H]1CN(C(=O)c2ccc(F)cc2)CCN1C. The van der Waals surface area contributed by atoms with E-state index in [0.29, 0.717) is 25.2 Å². The van der Waals surface area contributed by atoms with Crippen molar-refractivity contribution >= 4 is 11.8 Å². The Morgan fingerprint density at radius 3 is 2.38 bits per heavy atom. The number of hydrogen-bond acceptors (Lipinski definition) is 3. The Kier molecular flexibility index (Phi) is 4.57. The predicted molar refractivity (Wildman–Crippen MR) is 77.4 cm³/mol. The lowest BCUT2D eigenvalue weighted by Crippen LogP contribution is -2.58. The van der Waals surface area contributed by atoms with Crippen molar-refractivity contribution in [2.75, 3.05) is 40.8 Å². The molecule has 1 aliphatic heterocycles. The highest BCUT2D eigenvalue weighted by atomic mass is 19.1. The molecule has 1 aromatic carbocycles. The zero-order chi connectivity index (χ0) is 15.6. The normalized spacial score (nSPS) is 19.4. The van der Waals surface area contributed by atoms with Gasteiger partial charge < -0.3 is 9.80 Å². The van der Waals surface area contributed by atoms with Crippen molar-refractivity contribution in [1.29, 1.82) is 0 Å². The Morgan fingerprint density at radius 2 is 1.81 bits per heavy atom. The van der Waals surface area contributed by atoms with E-state index in [1.165, 1.54) is 29.2 Å². The molecule has 6 heteroatoms. The van der Waals surface area contributed by atoms with Gasteiger partial charge in [0.2, 0.25) is 5.91 Å². The zero-order valence-electron chi connectivity index (χ0n) is 12.5. The van der Waals surface area contributed by atoms with Gasteiger partial charge in [0.1, 0.15) is 11.9 Å². The maximum atomic E-state index is 12.9. The van der Waals surface area contributed by atoms with Crippen molar-refractivity contribution in [3.8, 4) is 0 Å². The number of nitrogens with zero attached hydrogens (tertiary/aromatic N) is 3. The molecule has 0 bridgehead atoms. The number of piperazine rings is 1. The topological polar surface area (TPSA) is 43.9 Å². The van der Waals surface area contributed by atoms with Crippen LogP contribution in [0.3, 0.4) is 0 Å². The molecule has 1 saturated heterocycles. The van der Waals surface area contributed by atoms with E-state index in [1.54, 1.807) is 19.0 Å². The third kappa shape index (κ3) is 3.39. The van der Waals surface area contributed by atoms with Crippen molar-refractivity contribution in [2.45, 2.75) is 6.04 Å². The molecule has 1 atom stereocenters. The van der Waals surface area contributed by atoms with Crippen molar-refractivity contribution in [2.24, 2.45) is 0 Å². The maximum Gasteiger partial charge on any atom is 0.253 e. The molecular formula is C15H20FN3O2. The van der Waals surface area contributed by atoms with Crippen molar-refractivity contribution < 1.29 is 14.0 Å². The number of carbonyl (C=O) groups excluding carboxylic acids is 2. The number of rotatable bonds is 2. The monoisotopic (exact) mass is 293 g/mol. The summed E-state index contributed by atoms with van der Waals surface area (Å²) in [6.07, 6.45) is 0. The largest absolute Gasteiger partial charge is 0.347 e. The lowest BCUT2D eigenvalue weighted by molar-refractivity contribution is -0.135. The quantitative estimate of drug-likeness (QED) is 0.805. The van der Waals surface area contributed by atoms with Gasteiger partial charge in [0.05, 0.1) is 0 Å². The molecule has 1 aliphatic rings. The summed E-state index contributed by atoms with van der Waals surface area (Å²) in [4.78, 5) is 29.7. The molecular weight excluding hydrogens is 273 g/mol. The van der Waals surface area contributed by atoms with E-state index in [4.69, 9.17) is 0 Å². The first-order valence-corrected chi connectivity index (χ1v) is 6.86. The summed E-state index contributed by atoms with van der Waals surface area (Å²) in [7, 11) is 5.29. The highest BCUT2D eigenvalue weighted by Crippen LogP contribution is 2.14. The molecule has 114 valence electrons. The van der Waals surface area contributed by atoms with Crippen LogP contribution in [0.25, 0.3) is 0 Å². The van der Waals surface area contributed by atoms with Crippen LogP contribution in [0.4, 0.5) is 4.39 Å². The van der Waals surface area contributed by atoms with E-state index in [1.807, 2.05) is 11.9 Å². The molecule has 0 unspecified atom stereocenters. The third-order valence-corrected chi connectivity index (χ3v) is 3.75. The molecule has 0 saturated carbocycles. The molecule has 5 nitrogen and oxygen atoms in total. The van der Waals surface area contributed by atoms with Crippen LogP contribution in [-0.4, -0.2) is 73.3 Å². The summed E-state index contributed by atoms with van der Waals surface area (Å²) in [6.45, 7) is 1.55. The van der Waals surface area contributed by atoms with Gasteiger partial charge in [0.25, 0.3) is 5.91 Å². The van der Waals surface area contributed by atoms with E-state index in [9.17, 15) is 14.0 Å². The van der Waals surface area contributed by atoms with Crippen LogP contribution < -0.4 is 0 Å². The van der Waals surface area contributed by atoms with E-state index in [0.717, 1.165) is 0 Å². The van der Waals surface area contributed by atoms with Crippen LogP contribution in [-0.2, 0) is 4.79 Å². The number of carbonyl (C=O) groups is 2. The maximum absolute atomic E-state index is 12.9. The second-order valence-electron chi connectivity index (χ2n) is 5.49. The molecule has 1 aromatic rings. The van der Waals surface area contributed by atoms with Crippen LogP contribution in [0, 0.1) is 5.82 Å². The number of halogens is 1. The Balaban J connectivity index is 2.12. The second-order valence-corrected chi connectivity index (χ2v) is 5.49. The molecule has 21 heavy (non-hydrogen) atoms. The highest BCUT2D eigenvalue weighted by molar-refractivity contribution is 5.95. The smallest absolute Gasteiger partial charge is 0.253 e. The first-order valence-electron chi connectivity index (χ1n) is 6.86. The van der Waals surface area contributed by atoms with Crippen LogP contribution in [0.1, 0.15) is 10.4 Å². The highest BCUT2D eigenvalue weighted by Gasteiger charge is 2.33. The van der Waals surface area contributed by atoms with Gasteiger partial charge >= 0.3 is 0 Å². The van der Waals surface area contributed by atoms with Crippen molar-refractivity contribution in [1.82, 2.24) is 14.7 Å². The fourth-order valence-electron chi connectivity index (χ4n) is 2.40. The van der Waals surface area contributed by atoms with Crippen LogP contribution in [0.2, 0.25) is 0 Å². The van der Waals surface area contributed by atoms with Gasteiger partial charge in [0, 0.05) is 39.3 Å². The van der Waals surface area contributed by atoms with Crippen LogP contribution in [0.15, 0.2) is 24.3 Å². The molecule has 2 amide bonds. The van der Waals surface area contributed by atoms with Crippen molar-refractivity contribution in [3.63, 3.8) is 0 Å². The number of likely N-dealkylation sites (N-methyl/N-ethyl adjacent to an activating group) is 2. The minimum absolute atomic E-state index is 0.0193. The molecule has 1 heterocycles. The summed E-state index contributed by atoms with van der Waals surface area (Å²) in [5.41, 5.74) is 0.442. The lowest BCUT2D eigenvalue weighted by Gasteiger charge is -2.39. The van der Waals surface area contributed by atoms with Gasteiger partial charge in [0.15, 0.2) is 0 Å². The molecule has 0 spiro atoms. The molecule has 0 aromatic heterocycles. The lowest BCUT2D eigenvalue weighted by atomic mass is 10.1. The molecule has 0 aliphatic carbocycles. The molecule has 1 fully saturated rings. The molecule has 0 N–H and O–H groups in total. The zero-order valence-corrected chi connectivity index (χ0v) is 12.5. The average Bonchev–Trinajstić information content (AvgIpc) is 2.47. The Bertz CT molecular complexity index is 530. The molecule has 2 rings (SSSR count). The average molecular weight is 293 g/mol. The summed E-state index contributed by atoms with van der Waals surface area (Å²) in [6, 6.07) is 5.15. The summed E-state index contributed by atoms with van der Waals surface area (Å²) in [5.74, 6) is -0.556. The van der Waals surface area contributed by atoms with Crippen LogP contribution >= 0.6 is 0 Å². The van der Waals surface area contributed by atoms with Gasteiger partial charge in [-0.2, -0.15) is 0 Å². The van der Waals surface area contributed by atoms with Gasteiger partial charge in [-0.05, 0) is 31.3 Å². The fraction of sp³-hybridized carbons (Fsp3) is 0.467. The summed E-state index contributed by atoms with van der Waals surface area (Å²) >= 11 is 0. The van der Waals surface area contributed by atoms with Gasteiger partial charge in [-0.25, -0.2) is 4.39 Å². The fourth-order valence-corrected chi connectivity index (χ4v) is 2.40. The summed E-state index contributed by atoms with van der Waals surface area (Å²) in [5, 5.41) is 0. The Morgan fingerprint density at radius 1 is 1.19 bits per heavy atom. The Hall–Kier alpha value is -1.95. The van der Waals surface area contributed by atoms with Gasteiger partial charge in [-0.3, -0.25) is 14.5 Å². The van der Waals surface area contributed by atoms with E-state index >= 15 is 0 Å². The third-order valence-electron chi connectivity index (χ3n) is 3.75. The van der Waals surface area contributed by atoms with E-state index in [2.05, 4.69) is 0 Å². The number of hydrogen-bond donors (Lipinski definition) is 0.